The average Bonchev–Trinajstić information content (AvgIpc) is 2.45. The highest BCUT2D eigenvalue weighted by molar-refractivity contribution is 5.90. The van der Waals surface area contributed by atoms with Crippen LogP contribution in [0.15, 0.2) is 36.4 Å². The lowest BCUT2D eigenvalue weighted by Crippen LogP contribution is -2.32. The minimum absolute atomic E-state index is 0.0241. The number of amides is 2. The molecule has 0 unspecified atom stereocenters. The van der Waals surface area contributed by atoms with E-state index in [-0.39, 0.29) is 12.5 Å². The van der Waals surface area contributed by atoms with Crippen LogP contribution in [0.3, 0.4) is 0 Å². The Labute approximate surface area is 129 Å². The second kappa shape index (κ2) is 6.85. The van der Waals surface area contributed by atoms with Gasteiger partial charge in [-0.15, -0.1) is 0 Å². The van der Waals surface area contributed by atoms with Gasteiger partial charge in [0.1, 0.15) is 11.5 Å². The van der Waals surface area contributed by atoms with Gasteiger partial charge in [0, 0.05) is 0 Å². The molecule has 0 bridgehead atoms. The molecule has 0 heterocycles. The number of hydrogen-bond acceptors (Lipinski definition) is 3. The summed E-state index contributed by atoms with van der Waals surface area (Å²) in [6, 6.07) is 10.4. The first-order valence-electron chi connectivity index (χ1n) is 7.00. The first kappa shape index (κ1) is 15.7. The molecule has 116 valence electrons. The number of aromatic hydroxyl groups is 1. The topological polar surface area (TPSA) is 70.6 Å². The number of hydrogen-bond donors (Lipinski definition) is 3. The van der Waals surface area contributed by atoms with Crippen molar-refractivity contribution >= 4 is 11.7 Å². The summed E-state index contributed by atoms with van der Waals surface area (Å²) in [5.74, 6) is 0.750. The predicted molar refractivity (Wildman–Crippen MR) is 86.4 cm³/mol. The van der Waals surface area contributed by atoms with Crippen molar-refractivity contribution in [1.29, 1.82) is 0 Å². The zero-order valence-corrected chi connectivity index (χ0v) is 12.9. The maximum absolute atomic E-state index is 11.8. The van der Waals surface area contributed by atoms with Gasteiger partial charge in [-0.25, -0.2) is 4.79 Å². The van der Waals surface area contributed by atoms with Crippen molar-refractivity contribution in [2.24, 2.45) is 0 Å². The van der Waals surface area contributed by atoms with Crippen LogP contribution in [0.5, 0.6) is 11.5 Å². The number of urea groups is 1. The Bertz CT molecular complexity index is 684. The number of phenols is 1. The lowest BCUT2D eigenvalue weighted by atomic mass is 10.1. The van der Waals surface area contributed by atoms with Crippen molar-refractivity contribution < 1.29 is 14.6 Å². The number of aryl methyl sites for hydroxylation is 3. The summed E-state index contributed by atoms with van der Waals surface area (Å²) >= 11 is 0. The van der Waals surface area contributed by atoms with E-state index in [2.05, 4.69) is 10.6 Å². The Morgan fingerprint density at radius 2 is 1.77 bits per heavy atom. The van der Waals surface area contributed by atoms with Crippen LogP contribution in [-0.4, -0.2) is 17.9 Å². The predicted octanol–water partition coefficient (Wildman–Crippen LogP) is 3.48. The van der Waals surface area contributed by atoms with E-state index in [1.807, 2.05) is 39.0 Å². The molecule has 2 amide bonds. The van der Waals surface area contributed by atoms with Gasteiger partial charge in [0.15, 0.2) is 6.73 Å². The van der Waals surface area contributed by atoms with Crippen LogP contribution >= 0.6 is 0 Å². The summed E-state index contributed by atoms with van der Waals surface area (Å²) in [5, 5.41) is 14.8. The Morgan fingerprint density at radius 1 is 1.09 bits per heavy atom. The minimum atomic E-state index is -0.439. The highest BCUT2D eigenvalue weighted by atomic mass is 16.5. The number of phenolic OH excluding ortho intramolecular Hbond substituents is 1. The molecule has 22 heavy (non-hydrogen) atoms. The normalized spacial score (nSPS) is 10.1. The van der Waals surface area contributed by atoms with Gasteiger partial charge in [-0.2, -0.15) is 0 Å². The first-order chi connectivity index (χ1) is 10.5. The van der Waals surface area contributed by atoms with Crippen LogP contribution in [0.1, 0.15) is 16.7 Å². The minimum Gasteiger partial charge on any atom is -0.506 e. The van der Waals surface area contributed by atoms with Crippen molar-refractivity contribution in [3.8, 4) is 11.5 Å². The largest absolute Gasteiger partial charge is 0.506 e. The van der Waals surface area contributed by atoms with Crippen LogP contribution in [0.4, 0.5) is 10.5 Å². The molecule has 2 rings (SSSR count). The molecule has 0 aliphatic heterocycles. The van der Waals surface area contributed by atoms with E-state index in [4.69, 9.17) is 4.74 Å². The van der Waals surface area contributed by atoms with Gasteiger partial charge in [-0.3, -0.25) is 0 Å². The summed E-state index contributed by atoms with van der Waals surface area (Å²) in [6.07, 6.45) is 0. The van der Waals surface area contributed by atoms with E-state index in [9.17, 15) is 9.90 Å². The SMILES string of the molecule is Cc1ccc(OCNC(=O)Nc2cc(C)ccc2O)c(C)c1. The maximum atomic E-state index is 11.8. The summed E-state index contributed by atoms with van der Waals surface area (Å²) in [7, 11) is 0. The second-order valence-corrected chi connectivity index (χ2v) is 5.21. The Morgan fingerprint density at radius 3 is 2.50 bits per heavy atom. The van der Waals surface area contributed by atoms with Gasteiger partial charge in [-0.05, 0) is 50.1 Å². The zero-order chi connectivity index (χ0) is 16.1. The van der Waals surface area contributed by atoms with Gasteiger partial charge >= 0.3 is 6.03 Å². The number of anilines is 1. The third-order valence-corrected chi connectivity index (χ3v) is 3.19. The van der Waals surface area contributed by atoms with Crippen molar-refractivity contribution in [1.82, 2.24) is 5.32 Å². The van der Waals surface area contributed by atoms with E-state index < -0.39 is 6.03 Å². The molecular formula is C17H20N2O3. The van der Waals surface area contributed by atoms with Gasteiger partial charge in [-0.1, -0.05) is 23.8 Å². The van der Waals surface area contributed by atoms with E-state index >= 15 is 0 Å². The van der Waals surface area contributed by atoms with Crippen LogP contribution in [0.2, 0.25) is 0 Å². The fraction of sp³-hybridized carbons (Fsp3) is 0.235. The lowest BCUT2D eigenvalue weighted by Gasteiger charge is -2.12. The Hall–Kier alpha value is -2.69. The van der Waals surface area contributed by atoms with Crippen molar-refractivity contribution in [2.45, 2.75) is 20.8 Å². The Balaban J connectivity index is 1.86. The summed E-state index contributed by atoms with van der Waals surface area (Å²) in [4.78, 5) is 11.8. The van der Waals surface area contributed by atoms with Gasteiger partial charge < -0.3 is 20.5 Å². The Kier molecular flexibility index (Phi) is 4.88. The molecule has 0 saturated carbocycles. The molecule has 5 heteroatoms. The van der Waals surface area contributed by atoms with Crippen LogP contribution in [0, 0.1) is 20.8 Å². The molecule has 0 radical (unpaired) electrons. The van der Waals surface area contributed by atoms with Gasteiger partial charge in [0.25, 0.3) is 0 Å². The summed E-state index contributed by atoms with van der Waals surface area (Å²) < 4.78 is 5.52. The third-order valence-electron chi connectivity index (χ3n) is 3.19. The molecule has 0 atom stereocenters. The summed E-state index contributed by atoms with van der Waals surface area (Å²) in [5.41, 5.74) is 3.48. The first-order valence-corrected chi connectivity index (χ1v) is 7.00. The number of ether oxygens (including phenoxy) is 1. The number of rotatable bonds is 4. The molecule has 0 aliphatic carbocycles. The van der Waals surface area contributed by atoms with Gasteiger partial charge in [0.05, 0.1) is 5.69 Å². The smallest absolute Gasteiger partial charge is 0.321 e. The molecule has 3 N–H and O–H groups in total. The van der Waals surface area contributed by atoms with Crippen LogP contribution in [-0.2, 0) is 0 Å². The third kappa shape index (κ3) is 4.15. The highest BCUT2D eigenvalue weighted by Gasteiger charge is 2.06. The van der Waals surface area contributed by atoms with Crippen molar-refractivity contribution in [2.75, 3.05) is 12.0 Å². The van der Waals surface area contributed by atoms with Crippen molar-refractivity contribution in [3.05, 3.63) is 53.1 Å². The monoisotopic (exact) mass is 300 g/mol. The second-order valence-electron chi connectivity index (χ2n) is 5.21. The fourth-order valence-corrected chi connectivity index (χ4v) is 2.06. The lowest BCUT2D eigenvalue weighted by molar-refractivity contribution is 0.234. The van der Waals surface area contributed by atoms with Crippen LogP contribution < -0.4 is 15.4 Å². The molecule has 0 aromatic heterocycles. The van der Waals surface area contributed by atoms with Gasteiger partial charge in [0.2, 0.25) is 0 Å². The average molecular weight is 300 g/mol. The van der Waals surface area contributed by atoms with Crippen molar-refractivity contribution in [3.63, 3.8) is 0 Å². The molecule has 0 aliphatic rings. The summed E-state index contributed by atoms with van der Waals surface area (Å²) in [6.45, 7) is 5.89. The van der Waals surface area contributed by atoms with E-state index in [0.29, 0.717) is 5.69 Å². The maximum Gasteiger partial charge on any atom is 0.321 e. The van der Waals surface area contributed by atoms with E-state index in [1.165, 1.54) is 6.07 Å². The number of benzene rings is 2. The van der Waals surface area contributed by atoms with E-state index in [1.54, 1.807) is 12.1 Å². The number of nitrogens with one attached hydrogen (secondary N) is 2. The molecule has 0 fully saturated rings. The quantitative estimate of drug-likeness (QED) is 0.598. The fourth-order valence-electron chi connectivity index (χ4n) is 2.06. The molecule has 0 saturated heterocycles. The van der Waals surface area contributed by atoms with Crippen LogP contribution in [0.25, 0.3) is 0 Å². The number of carbonyl (C=O) groups is 1. The van der Waals surface area contributed by atoms with E-state index in [0.717, 1.165) is 22.4 Å². The molecule has 0 spiro atoms. The molecule has 2 aromatic carbocycles. The molecule has 5 nitrogen and oxygen atoms in total. The molecule has 2 aromatic rings. The number of carbonyl (C=O) groups excluding carboxylic acids is 1. The standard InChI is InChI=1S/C17H20N2O3/c1-11-5-7-16(13(3)8-11)22-10-18-17(21)19-14-9-12(2)4-6-15(14)20/h4-9,20H,10H2,1-3H3,(H2,18,19,21). The highest BCUT2D eigenvalue weighted by Crippen LogP contribution is 2.23. The molecular weight excluding hydrogens is 280 g/mol. The zero-order valence-electron chi connectivity index (χ0n) is 12.9.